The van der Waals surface area contributed by atoms with Crippen molar-refractivity contribution >= 4 is 0 Å². The quantitative estimate of drug-likeness (QED) is 0.733. The van der Waals surface area contributed by atoms with Crippen molar-refractivity contribution in [2.45, 2.75) is 13.0 Å². The third-order valence-corrected chi connectivity index (χ3v) is 2.43. The van der Waals surface area contributed by atoms with Crippen molar-refractivity contribution in [1.29, 1.82) is 0 Å². The molecule has 0 aliphatic carbocycles. The number of H-pyrrole nitrogens is 1. The molecular formula is C12H16N4O. The Morgan fingerprint density at radius 1 is 1.35 bits per heavy atom. The molecule has 0 aromatic carbocycles. The van der Waals surface area contributed by atoms with E-state index in [1.807, 2.05) is 24.5 Å². The third kappa shape index (κ3) is 3.57. The highest BCUT2D eigenvalue weighted by Gasteiger charge is 1.97. The molecule has 0 bridgehead atoms. The van der Waals surface area contributed by atoms with Gasteiger partial charge < -0.3 is 15.0 Å². The summed E-state index contributed by atoms with van der Waals surface area (Å²) in [5.74, 6) is 1.65. The molecule has 0 aliphatic heterocycles. The van der Waals surface area contributed by atoms with Gasteiger partial charge in [-0.15, -0.1) is 0 Å². The molecule has 2 aromatic rings. The molecule has 2 N–H and O–H groups in total. The van der Waals surface area contributed by atoms with Gasteiger partial charge in [0.05, 0.1) is 7.11 Å². The Morgan fingerprint density at radius 3 is 2.94 bits per heavy atom. The first-order valence-corrected chi connectivity index (χ1v) is 5.56. The van der Waals surface area contributed by atoms with E-state index in [2.05, 4.69) is 20.3 Å². The molecule has 0 saturated heterocycles. The number of imidazole rings is 1. The largest absolute Gasteiger partial charge is 0.481 e. The average molecular weight is 232 g/mol. The Morgan fingerprint density at radius 2 is 2.29 bits per heavy atom. The minimum absolute atomic E-state index is 0.643. The lowest BCUT2D eigenvalue weighted by Crippen LogP contribution is -2.17. The second-order valence-corrected chi connectivity index (χ2v) is 3.67. The Bertz CT molecular complexity index is 424. The molecule has 0 fully saturated rings. The minimum Gasteiger partial charge on any atom is -0.481 e. The Kier molecular flexibility index (Phi) is 4.10. The van der Waals surface area contributed by atoms with Gasteiger partial charge in [-0.05, 0) is 5.56 Å². The summed E-state index contributed by atoms with van der Waals surface area (Å²) in [6.45, 7) is 1.69. The van der Waals surface area contributed by atoms with Crippen LogP contribution in [0.3, 0.4) is 0 Å². The highest BCUT2D eigenvalue weighted by atomic mass is 16.5. The lowest BCUT2D eigenvalue weighted by molar-refractivity contribution is 0.397. The normalized spacial score (nSPS) is 10.4. The summed E-state index contributed by atoms with van der Waals surface area (Å²) in [7, 11) is 1.61. The van der Waals surface area contributed by atoms with Crippen molar-refractivity contribution in [3.63, 3.8) is 0 Å². The smallest absolute Gasteiger partial charge is 0.212 e. The fourth-order valence-corrected chi connectivity index (χ4v) is 1.51. The van der Waals surface area contributed by atoms with E-state index in [-0.39, 0.29) is 0 Å². The first-order valence-electron chi connectivity index (χ1n) is 5.56. The summed E-state index contributed by atoms with van der Waals surface area (Å²) in [6.07, 6.45) is 6.32. The van der Waals surface area contributed by atoms with Crippen LogP contribution in [0.15, 0.2) is 30.7 Å². The maximum absolute atomic E-state index is 5.00. The Labute approximate surface area is 100 Å². The standard InChI is InChI=1S/C12H16N4O/c1-17-12-3-2-10(9-16-12)8-13-5-4-11-14-6-7-15-11/h2-3,6-7,9,13H,4-5,8H2,1H3,(H,14,15). The first-order chi connectivity index (χ1) is 8.38. The van der Waals surface area contributed by atoms with E-state index in [9.17, 15) is 0 Å². The number of methoxy groups -OCH3 is 1. The second kappa shape index (κ2) is 6.00. The zero-order valence-corrected chi connectivity index (χ0v) is 9.81. The molecular weight excluding hydrogens is 216 g/mol. The molecule has 0 amide bonds. The van der Waals surface area contributed by atoms with E-state index in [0.29, 0.717) is 5.88 Å². The van der Waals surface area contributed by atoms with Crippen molar-refractivity contribution in [2.24, 2.45) is 0 Å². The van der Waals surface area contributed by atoms with E-state index < -0.39 is 0 Å². The lowest BCUT2D eigenvalue weighted by atomic mass is 10.3. The van der Waals surface area contributed by atoms with E-state index >= 15 is 0 Å². The van der Waals surface area contributed by atoms with Gasteiger partial charge in [0.2, 0.25) is 5.88 Å². The highest BCUT2D eigenvalue weighted by molar-refractivity contribution is 5.17. The lowest BCUT2D eigenvalue weighted by Gasteiger charge is -2.04. The number of pyridine rings is 1. The van der Waals surface area contributed by atoms with Crippen molar-refractivity contribution in [3.05, 3.63) is 42.1 Å². The summed E-state index contributed by atoms with van der Waals surface area (Å²) in [4.78, 5) is 11.4. The van der Waals surface area contributed by atoms with Gasteiger partial charge in [-0.2, -0.15) is 0 Å². The number of nitrogens with zero attached hydrogens (tertiary/aromatic N) is 2. The molecule has 17 heavy (non-hydrogen) atoms. The van der Waals surface area contributed by atoms with E-state index in [1.165, 1.54) is 0 Å². The predicted molar refractivity (Wildman–Crippen MR) is 64.8 cm³/mol. The summed E-state index contributed by atoms with van der Waals surface area (Å²) in [6, 6.07) is 3.87. The molecule has 0 saturated carbocycles. The molecule has 0 aliphatic rings. The van der Waals surface area contributed by atoms with Gasteiger partial charge in [-0.25, -0.2) is 9.97 Å². The maximum Gasteiger partial charge on any atom is 0.212 e. The van der Waals surface area contributed by atoms with Crippen LogP contribution in [0.2, 0.25) is 0 Å². The van der Waals surface area contributed by atoms with Crippen LogP contribution in [0.25, 0.3) is 0 Å². The second-order valence-electron chi connectivity index (χ2n) is 3.67. The molecule has 0 atom stereocenters. The monoisotopic (exact) mass is 232 g/mol. The number of aromatic amines is 1. The van der Waals surface area contributed by atoms with Crippen molar-refractivity contribution < 1.29 is 4.74 Å². The number of hydrogen-bond acceptors (Lipinski definition) is 4. The van der Waals surface area contributed by atoms with Gasteiger partial charge in [0.25, 0.3) is 0 Å². The van der Waals surface area contributed by atoms with Gasteiger partial charge in [0, 0.05) is 44.2 Å². The fourth-order valence-electron chi connectivity index (χ4n) is 1.51. The fraction of sp³-hybridized carbons (Fsp3) is 0.333. The van der Waals surface area contributed by atoms with Crippen LogP contribution in [0.5, 0.6) is 5.88 Å². The molecule has 5 nitrogen and oxygen atoms in total. The summed E-state index contributed by atoms with van der Waals surface area (Å²) < 4.78 is 5.00. The molecule has 0 unspecified atom stereocenters. The van der Waals surface area contributed by atoms with E-state index in [4.69, 9.17) is 4.74 Å². The molecule has 0 spiro atoms. The SMILES string of the molecule is COc1ccc(CNCCc2ncc[nH]2)cn1. The molecule has 90 valence electrons. The van der Waals surface area contributed by atoms with Crippen LogP contribution in [0, 0.1) is 0 Å². The Balaban J connectivity index is 1.70. The number of aromatic nitrogens is 3. The molecule has 5 heteroatoms. The number of nitrogens with one attached hydrogen (secondary N) is 2. The van der Waals surface area contributed by atoms with Gasteiger partial charge >= 0.3 is 0 Å². The van der Waals surface area contributed by atoms with Gasteiger partial charge in [-0.1, -0.05) is 6.07 Å². The predicted octanol–water partition coefficient (Wildman–Crippen LogP) is 1.15. The van der Waals surface area contributed by atoms with Crippen LogP contribution in [-0.2, 0) is 13.0 Å². The molecule has 2 rings (SSSR count). The van der Waals surface area contributed by atoms with Crippen LogP contribution in [-0.4, -0.2) is 28.6 Å². The molecule has 2 heterocycles. The van der Waals surface area contributed by atoms with Gasteiger partial charge in [0.15, 0.2) is 0 Å². The molecule has 2 aromatic heterocycles. The maximum atomic E-state index is 5.00. The Hall–Kier alpha value is -1.88. The van der Waals surface area contributed by atoms with Crippen LogP contribution in [0.4, 0.5) is 0 Å². The third-order valence-electron chi connectivity index (χ3n) is 2.43. The van der Waals surface area contributed by atoms with Gasteiger partial charge in [0.1, 0.15) is 5.82 Å². The van der Waals surface area contributed by atoms with Crippen molar-refractivity contribution in [1.82, 2.24) is 20.3 Å². The van der Waals surface area contributed by atoms with Crippen LogP contribution >= 0.6 is 0 Å². The van der Waals surface area contributed by atoms with Gasteiger partial charge in [-0.3, -0.25) is 0 Å². The van der Waals surface area contributed by atoms with E-state index in [0.717, 1.165) is 30.9 Å². The highest BCUT2D eigenvalue weighted by Crippen LogP contribution is 2.06. The number of ether oxygens (including phenoxy) is 1. The van der Waals surface area contributed by atoms with Crippen molar-refractivity contribution in [3.8, 4) is 5.88 Å². The topological polar surface area (TPSA) is 62.8 Å². The summed E-state index contributed by atoms with van der Waals surface area (Å²) in [5.41, 5.74) is 1.14. The first kappa shape index (κ1) is 11.6. The summed E-state index contributed by atoms with van der Waals surface area (Å²) in [5, 5.41) is 3.34. The average Bonchev–Trinajstić information content (AvgIpc) is 2.88. The summed E-state index contributed by atoms with van der Waals surface area (Å²) >= 11 is 0. The zero-order valence-electron chi connectivity index (χ0n) is 9.81. The minimum atomic E-state index is 0.643. The zero-order chi connectivity index (χ0) is 11.9. The van der Waals surface area contributed by atoms with Crippen LogP contribution in [0.1, 0.15) is 11.4 Å². The number of rotatable bonds is 6. The molecule has 0 radical (unpaired) electrons. The van der Waals surface area contributed by atoms with Crippen LogP contribution < -0.4 is 10.1 Å². The van der Waals surface area contributed by atoms with E-state index in [1.54, 1.807) is 13.3 Å². The number of hydrogen-bond donors (Lipinski definition) is 2. The van der Waals surface area contributed by atoms with Crippen molar-refractivity contribution in [2.75, 3.05) is 13.7 Å².